The van der Waals surface area contributed by atoms with Crippen LogP contribution in [0.4, 0.5) is 0 Å². The molecule has 4 rings (SSSR count). The van der Waals surface area contributed by atoms with Gasteiger partial charge in [-0.1, -0.05) is 35.9 Å². The summed E-state index contributed by atoms with van der Waals surface area (Å²) >= 11 is 6.11. The van der Waals surface area contributed by atoms with Crippen LogP contribution in [0, 0.1) is 0 Å². The largest absolute Gasteiger partial charge is 0.348 e. The highest BCUT2D eigenvalue weighted by Crippen LogP contribution is 2.35. The van der Waals surface area contributed by atoms with Crippen LogP contribution >= 0.6 is 11.6 Å². The van der Waals surface area contributed by atoms with E-state index in [1.54, 1.807) is 6.07 Å². The number of likely N-dealkylation sites (tertiary alicyclic amines) is 1. The van der Waals surface area contributed by atoms with Gasteiger partial charge in [0.1, 0.15) is 0 Å². The third-order valence-electron chi connectivity index (χ3n) is 4.79. The summed E-state index contributed by atoms with van der Waals surface area (Å²) in [6.45, 7) is 1.19. The van der Waals surface area contributed by atoms with Gasteiger partial charge in [-0.3, -0.25) is 9.59 Å². The number of hydrogen-bond donors (Lipinski definition) is 1. The zero-order valence-electron chi connectivity index (χ0n) is 13.1. The molecule has 4 nitrogen and oxygen atoms in total. The Balaban J connectivity index is 1.70. The molecule has 0 aliphatic carbocycles. The van der Waals surface area contributed by atoms with Crippen molar-refractivity contribution in [3.8, 4) is 0 Å². The summed E-state index contributed by atoms with van der Waals surface area (Å²) in [5.41, 5.74) is 2.96. The third kappa shape index (κ3) is 2.47. The minimum absolute atomic E-state index is 0.0107. The summed E-state index contributed by atoms with van der Waals surface area (Å²) in [5.74, 6) is -0.237. The van der Waals surface area contributed by atoms with E-state index in [4.69, 9.17) is 11.6 Å². The molecule has 1 atom stereocenters. The molecule has 0 bridgehead atoms. The maximum absolute atomic E-state index is 13.1. The predicted octanol–water partition coefficient (Wildman–Crippen LogP) is 3.56. The lowest BCUT2D eigenvalue weighted by Gasteiger charge is -2.26. The van der Waals surface area contributed by atoms with Crippen LogP contribution in [-0.4, -0.2) is 23.3 Å². The van der Waals surface area contributed by atoms with E-state index >= 15 is 0 Å². The minimum atomic E-state index is -0.160. The Kier molecular flexibility index (Phi) is 3.77. The van der Waals surface area contributed by atoms with Crippen molar-refractivity contribution in [2.24, 2.45) is 0 Å². The summed E-state index contributed by atoms with van der Waals surface area (Å²) in [7, 11) is 0. The van der Waals surface area contributed by atoms with Gasteiger partial charge < -0.3 is 10.2 Å². The van der Waals surface area contributed by atoms with E-state index < -0.39 is 0 Å². The summed E-state index contributed by atoms with van der Waals surface area (Å²) in [4.78, 5) is 27.1. The number of fused-ring (bicyclic) bond motifs is 1. The van der Waals surface area contributed by atoms with Gasteiger partial charge in [-0.05, 0) is 42.2 Å². The molecule has 1 unspecified atom stereocenters. The molecule has 0 saturated carbocycles. The molecule has 0 spiro atoms. The lowest BCUT2D eigenvalue weighted by Crippen LogP contribution is -2.32. The van der Waals surface area contributed by atoms with E-state index in [0.29, 0.717) is 29.2 Å². The number of carbonyl (C=O) groups excluding carboxylic acids is 2. The number of benzene rings is 2. The van der Waals surface area contributed by atoms with Crippen LogP contribution in [0.15, 0.2) is 42.5 Å². The van der Waals surface area contributed by atoms with Crippen molar-refractivity contribution in [3.63, 3.8) is 0 Å². The topological polar surface area (TPSA) is 49.4 Å². The maximum Gasteiger partial charge on any atom is 0.255 e. The van der Waals surface area contributed by atoms with Gasteiger partial charge in [0.25, 0.3) is 11.8 Å². The average Bonchev–Trinajstić information content (AvgIpc) is 3.21. The van der Waals surface area contributed by atoms with Crippen LogP contribution in [-0.2, 0) is 6.54 Å². The fraction of sp³-hybridized carbons (Fsp3) is 0.263. The van der Waals surface area contributed by atoms with E-state index in [-0.39, 0.29) is 17.9 Å². The van der Waals surface area contributed by atoms with Gasteiger partial charge in [0.2, 0.25) is 0 Å². The van der Waals surface area contributed by atoms with Gasteiger partial charge in [-0.2, -0.15) is 0 Å². The third-order valence-corrected chi connectivity index (χ3v) is 5.03. The fourth-order valence-electron chi connectivity index (χ4n) is 3.68. The van der Waals surface area contributed by atoms with Crippen LogP contribution in [0.3, 0.4) is 0 Å². The lowest BCUT2D eigenvalue weighted by molar-refractivity contribution is 0.0730. The summed E-state index contributed by atoms with van der Waals surface area (Å²) in [6.07, 6.45) is 1.86. The first-order chi connectivity index (χ1) is 11.6. The van der Waals surface area contributed by atoms with Crippen LogP contribution < -0.4 is 5.32 Å². The lowest BCUT2D eigenvalue weighted by atomic mass is 10.00. The number of nitrogens with one attached hydrogen (secondary N) is 1. The second kappa shape index (κ2) is 5.95. The van der Waals surface area contributed by atoms with Crippen molar-refractivity contribution in [3.05, 3.63) is 69.7 Å². The number of carbonyl (C=O) groups is 2. The Labute approximate surface area is 145 Å². The molecule has 2 aliphatic rings. The Morgan fingerprint density at radius 3 is 2.88 bits per heavy atom. The molecule has 24 heavy (non-hydrogen) atoms. The van der Waals surface area contributed by atoms with E-state index in [1.807, 2.05) is 41.3 Å². The Hall–Kier alpha value is -2.33. The van der Waals surface area contributed by atoms with Crippen molar-refractivity contribution in [1.29, 1.82) is 0 Å². The highest BCUT2D eigenvalue weighted by atomic mass is 35.5. The van der Waals surface area contributed by atoms with Gasteiger partial charge in [-0.15, -0.1) is 0 Å². The molecule has 2 amide bonds. The Morgan fingerprint density at radius 2 is 2.04 bits per heavy atom. The van der Waals surface area contributed by atoms with Crippen molar-refractivity contribution in [2.45, 2.75) is 25.4 Å². The number of halogens is 1. The minimum Gasteiger partial charge on any atom is -0.348 e. The monoisotopic (exact) mass is 340 g/mol. The van der Waals surface area contributed by atoms with Gasteiger partial charge in [0.05, 0.1) is 17.2 Å². The van der Waals surface area contributed by atoms with E-state index in [1.165, 1.54) is 0 Å². The van der Waals surface area contributed by atoms with Gasteiger partial charge >= 0.3 is 0 Å². The molecule has 2 heterocycles. The molecule has 2 aliphatic heterocycles. The molecular formula is C19H17ClN2O2. The summed E-state index contributed by atoms with van der Waals surface area (Å²) in [6, 6.07) is 13.2. The number of nitrogens with zero attached hydrogens (tertiary/aromatic N) is 1. The molecule has 2 aromatic rings. The molecule has 2 aromatic carbocycles. The molecule has 1 N–H and O–H groups in total. The molecular weight excluding hydrogens is 324 g/mol. The molecule has 1 fully saturated rings. The Bertz CT molecular complexity index is 834. The van der Waals surface area contributed by atoms with E-state index in [9.17, 15) is 9.59 Å². The van der Waals surface area contributed by atoms with Crippen LogP contribution in [0.2, 0.25) is 5.02 Å². The van der Waals surface area contributed by atoms with Crippen molar-refractivity contribution in [1.82, 2.24) is 10.2 Å². The van der Waals surface area contributed by atoms with Gasteiger partial charge in [0, 0.05) is 18.1 Å². The van der Waals surface area contributed by atoms with Crippen molar-refractivity contribution >= 4 is 23.4 Å². The van der Waals surface area contributed by atoms with Crippen LogP contribution in [0.5, 0.6) is 0 Å². The highest BCUT2D eigenvalue weighted by molar-refractivity contribution is 6.30. The SMILES string of the molecule is O=C1NCc2cccc(C(=O)N3CCCC3c3cccc(Cl)c3)c21. The second-order valence-electron chi connectivity index (χ2n) is 6.23. The summed E-state index contributed by atoms with van der Waals surface area (Å²) in [5, 5.41) is 3.47. The number of hydrogen-bond acceptors (Lipinski definition) is 2. The molecule has 0 radical (unpaired) electrons. The van der Waals surface area contributed by atoms with Crippen molar-refractivity contribution < 1.29 is 9.59 Å². The Morgan fingerprint density at radius 1 is 1.21 bits per heavy atom. The maximum atomic E-state index is 13.1. The molecule has 0 aromatic heterocycles. The van der Waals surface area contributed by atoms with Crippen LogP contribution in [0.1, 0.15) is 50.7 Å². The average molecular weight is 341 g/mol. The number of rotatable bonds is 2. The van der Waals surface area contributed by atoms with Gasteiger partial charge in [0.15, 0.2) is 0 Å². The normalized spacial score (nSPS) is 19.3. The first-order valence-corrected chi connectivity index (χ1v) is 8.49. The standard InChI is InChI=1S/C19H17ClN2O2/c20-14-6-1-4-12(10-14)16-8-3-9-22(16)19(24)15-7-2-5-13-11-21-18(23)17(13)15/h1-2,4-7,10,16H,3,8-9,11H2,(H,21,23). The predicted molar refractivity (Wildman–Crippen MR) is 92.1 cm³/mol. The zero-order valence-corrected chi connectivity index (χ0v) is 13.8. The van der Waals surface area contributed by atoms with Crippen LogP contribution in [0.25, 0.3) is 0 Å². The van der Waals surface area contributed by atoms with E-state index in [0.717, 1.165) is 24.0 Å². The number of amides is 2. The first kappa shape index (κ1) is 15.2. The first-order valence-electron chi connectivity index (χ1n) is 8.11. The molecule has 122 valence electrons. The fourth-order valence-corrected chi connectivity index (χ4v) is 3.88. The second-order valence-corrected chi connectivity index (χ2v) is 6.67. The highest BCUT2D eigenvalue weighted by Gasteiger charge is 2.34. The molecule has 5 heteroatoms. The smallest absolute Gasteiger partial charge is 0.255 e. The zero-order chi connectivity index (χ0) is 16.7. The quantitative estimate of drug-likeness (QED) is 0.908. The van der Waals surface area contributed by atoms with Gasteiger partial charge in [-0.25, -0.2) is 0 Å². The molecule has 1 saturated heterocycles. The van der Waals surface area contributed by atoms with E-state index in [2.05, 4.69) is 5.32 Å². The summed E-state index contributed by atoms with van der Waals surface area (Å²) < 4.78 is 0. The van der Waals surface area contributed by atoms with Crippen molar-refractivity contribution in [2.75, 3.05) is 6.54 Å².